The zero-order valence-corrected chi connectivity index (χ0v) is 21.2. The molecule has 3 aromatic rings. The number of hydrogen-bond donors (Lipinski definition) is 0. The van der Waals surface area contributed by atoms with Crippen LogP contribution in [0.4, 0.5) is 4.39 Å². The lowest BCUT2D eigenvalue weighted by molar-refractivity contribution is 0.0595. The van der Waals surface area contributed by atoms with Crippen LogP contribution in [0.5, 0.6) is 5.19 Å². The van der Waals surface area contributed by atoms with E-state index in [1.807, 2.05) is 6.07 Å². The number of carbonyl (C=O) groups is 1. The number of aromatic nitrogens is 1. The Morgan fingerprint density at radius 1 is 1.09 bits per heavy atom. The van der Waals surface area contributed by atoms with Gasteiger partial charge in [-0.25, -0.2) is 12.8 Å². The molecule has 0 bridgehead atoms. The van der Waals surface area contributed by atoms with Gasteiger partial charge in [-0.3, -0.25) is 4.79 Å². The standard InChI is InChI=1S/C25H28FN3O4S2/c1-17-4-3-13-29(16-17)35(31,32)20-9-7-18(8-10-20)24(30)28-14-11-19(12-15-28)33-25-27-23-21(26)5-2-6-22(23)34-25/h2,5-10,17,19H,3-4,11-16H2,1H3. The Bertz CT molecular complexity index is 1320. The summed E-state index contributed by atoms with van der Waals surface area (Å²) in [6, 6.07) is 11.1. The summed E-state index contributed by atoms with van der Waals surface area (Å²) in [5.74, 6) is -0.138. The van der Waals surface area contributed by atoms with Crippen LogP contribution < -0.4 is 4.74 Å². The minimum atomic E-state index is -3.55. The van der Waals surface area contributed by atoms with E-state index in [1.165, 1.54) is 29.5 Å². The van der Waals surface area contributed by atoms with E-state index in [1.54, 1.807) is 27.4 Å². The van der Waals surface area contributed by atoms with E-state index < -0.39 is 10.0 Å². The van der Waals surface area contributed by atoms with Crippen LogP contribution in [0.3, 0.4) is 0 Å². The molecule has 0 aliphatic carbocycles. The van der Waals surface area contributed by atoms with Gasteiger partial charge in [-0.05, 0) is 55.2 Å². The molecule has 35 heavy (non-hydrogen) atoms. The lowest BCUT2D eigenvalue weighted by Gasteiger charge is -2.32. The molecule has 2 aromatic carbocycles. The van der Waals surface area contributed by atoms with E-state index in [-0.39, 0.29) is 22.7 Å². The van der Waals surface area contributed by atoms with Crippen LogP contribution >= 0.6 is 11.3 Å². The van der Waals surface area contributed by atoms with Crippen LogP contribution in [0.15, 0.2) is 47.4 Å². The van der Waals surface area contributed by atoms with Gasteiger partial charge in [0.1, 0.15) is 17.4 Å². The predicted molar refractivity (Wildman–Crippen MR) is 133 cm³/mol. The fourth-order valence-electron chi connectivity index (χ4n) is 4.73. The van der Waals surface area contributed by atoms with Crippen molar-refractivity contribution in [3.63, 3.8) is 0 Å². The molecular weight excluding hydrogens is 489 g/mol. The molecule has 7 nitrogen and oxygen atoms in total. The van der Waals surface area contributed by atoms with Crippen LogP contribution in [-0.2, 0) is 10.0 Å². The molecule has 5 rings (SSSR count). The molecule has 0 spiro atoms. The highest BCUT2D eigenvalue weighted by molar-refractivity contribution is 7.89. The van der Waals surface area contributed by atoms with E-state index in [4.69, 9.17) is 4.74 Å². The second-order valence-electron chi connectivity index (χ2n) is 9.31. The molecule has 186 valence electrons. The Balaban J connectivity index is 1.18. The number of halogens is 1. The van der Waals surface area contributed by atoms with Crippen LogP contribution in [0, 0.1) is 11.7 Å². The number of benzene rings is 2. The zero-order chi connectivity index (χ0) is 24.6. The molecular formula is C25H28FN3O4S2. The molecule has 2 aliphatic rings. The number of para-hydroxylation sites is 1. The van der Waals surface area contributed by atoms with Gasteiger partial charge >= 0.3 is 0 Å². The number of nitrogens with zero attached hydrogens (tertiary/aromatic N) is 3. The van der Waals surface area contributed by atoms with Gasteiger partial charge in [-0.1, -0.05) is 24.3 Å². The fraction of sp³-hybridized carbons (Fsp3) is 0.440. The van der Waals surface area contributed by atoms with Crippen molar-refractivity contribution in [1.29, 1.82) is 0 Å². The van der Waals surface area contributed by atoms with Crippen molar-refractivity contribution >= 4 is 37.5 Å². The Hall–Kier alpha value is -2.56. The lowest BCUT2D eigenvalue weighted by atomic mass is 10.0. The van der Waals surface area contributed by atoms with Gasteiger partial charge in [0.05, 0.1) is 9.60 Å². The first-order chi connectivity index (χ1) is 16.8. The minimum Gasteiger partial charge on any atom is -0.467 e. The maximum Gasteiger partial charge on any atom is 0.274 e. The quantitative estimate of drug-likeness (QED) is 0.497. The summed E-state index contributed by atoms with van der Waals surface area (Å²) >= 11 is 1.32. The Labute approximate surface area is 208 Å². The van der Waals surface area contributed by atoms with E-state index in [0.29, 0.717) is 61.2 Å². The predicted octanol–water partition coefficient (Wildman–Crippen LogP) is 4.54. The van der Waals surface area contributed by atoms with Gasteiger partial charge in [-0.2, -0.15) is 9.29 Å². The van der Waals surface area contributed by atoms with Crippen molar-refractivity contribution in [2.24, 2.45) is 5.92 Å². The number of hydrogen-bond acceptors (Lipinski definition) is 6. The number of piperidine rings is 2. The summed E-state index contributed by atoms with van der Waals surface area (Å²) in [5, 5.41) is 0.440. The van der Waals surface area contributed by atoms with Gasteiger partial charge in [0.25, 0.3) is 11.1 Å². The first-order valence-electron chi connectivity index (χ1n) is 11.9. The number of thiazole rings is 1. The highest BCUT2D eigenvalue weighted by Crippen LogP contribution is 2.31. The molecule has 1 amide bonds. The van der Waals surface area contributed by atoms with Crippen molar-refractivity contribution in [3.8, 4) is 5.19 Å². The maximum absolute atomic E-state index is 13.9. The normalized spacial score (nSPS) is 20.3. The van der Waals surface area contributed by atoms with Gasteiger partial charge in [0.15, 0.2) is 0 Å². The van der Waals surface area contributed by atoms with Crippen LogP contribution in [-0.4, -0.2) is 60.8 Å². The van der Waals surface area contributed by atoms with Gasteiger partial charge in [0, 0.05) is 44.6 Å². The number of carbonyl (C=O) groups excluding carboxylic acids is 1. The number of likely N-dealkylation sites (tertiary alicyclic amines) is 1. The minimum absolute atomic E-state index is 0.0953. The average molecular weight is 518 g/mol. The summed E-state index contributed by atoms with van der Waals surface area (Å²) in [7, 11) is -3.55. The number of amides is 1. The third-order valence-corrected chi connectivity index (χ3v) is 9.50. The van der Waals surface area contributed by atoms with Crippen molar-refractivity contribution in [2.75, 3.05) is 26.2 Å². The van der Waals surface area contributed by atoms with Crippen LogP contribution in [0.2, 0.25) is 0 Å². The molecule has 1 unspecified atom stereocenters. The molecule has 0 N–H and O–H groups in total. The highest BCUT2D eigenvalue weighted by atomic mass is 32.2. The van der Waals surface area contributed by atoms with E-state index in [2.05, 4.69) is 11.9 Å². The van der Waals surface area contributed by atoms with E-state index in [9.17, 15) is 17.6 Å². The molecule has 1 aromatic heterocycles. The van der Waals surface area contributed by atoms with Crippen LogP contribution in [0.25, 0.3) is 10.2 Å². The monoisotopic (exact) mass is 517 g/mol. The van der Waals surface area contributed by atoms with Crippen molar-refractivity contribution in [3.05, 3.63) is 53.8 Å². The third kappa shape index (κ3) is 5.05. The zero-order valence-electron chi connectivity index (χ0n) is 19.5. The SMILES string of the molecule is CC1CCCN(S(=O)(=O)c2ccc(C(=O)N3CCC(Oc4nc5c(F)cccc5s4)CC3)cc2)C1. The van der Waals surface area contributed by atoms with Gasteiger partial charge in [0.2, 0.25) is 10.0 Å². The molecule has 2 fully saturated rings. The summed E-state index contributed by atoms with van der Waals surface area (Å²) in [6.07, 6.45) is 3.10. The first-order valence-corrected chi connectivity index (χ1v) is 14.2. The highest BCUT2D eigenvalue weighted by Gasteiger charge is 2.30. The largest absolute Gasteiger partial charge is 0.467 e. The number of sulfonamides is 1. The average Bonchev–Trinajstić information content (AvgIpc) is 3.28. The van der Waals surface area contributed by atoms with Gasteiger partial charge < -0.3 is 9.64 Å². The second kappa shape index (κ2) is 9.83. The Kier molecular flexibility index (Phi) is 6.78. The van der Waals surface area contributed by atoms with Crippen molar-refractivity contribution < 1.29 is 22.3 Å². The number of ether oxygens (including phenoxy) is 1. The van der Waals surface area contributed by atoms with E-state index >= 15 is 0 Å². The molecule has 3 heterocycles. The Morgan fingerprint density at radius 2 is 1.83 bits per heavy atom. The Morgan fingerprint density at radius 3 is 2.51 bits per heavy atom. The summed E-state index contributed by atoms with van der Waals surface area (Å²) < 4.78 is 48.1. The van der Waals surface area contributed by atoms with E-state index in [0.717, 1.165) is 17.5 Å². The molecule has 0 saturated carbocycles. The van der Waals surface area contributed by atoms with Gasteiger partial charge in [-0.15, -0.1) is 0 Å². The fourth-order valence-corrected chi connectivity index (χ4v) is 7.22. The topological polar surface area (TPSA) is 79.8 Å². The maximum atomic E-state index is 13.9. The molecule has 0 radical (unpaired) electrons. The molecule has 2 aliphatic heterocycles. The molecule has 10 heteroatoms. The lowest BCUT2D eigenvalue weighted by Crippen LogP contribution is -2.41. The molecule has 2 saturated heterocycles. The number of fused-ring (bicyclic) bond motifs is 1. The first kappa shape index (κ1) is 24.1. The molecule has 1 atom stereocenters. The summed E-state index contributed by atoms with van der Waals surface area (Å²) in [5.41, 5.74) is 0.789. The second-order valence-corrected chi connectivity index (χ2v) is 12.2. The number of rotatable bonds is 5. The summed E-state index contributed by atoms with van der Waals surface area (Å²) in [4.78, 5) is 19.2. The summed E-state index contributed by atoms with van der Waals surface area (Å²) in [6.45, 7) is 4.18. The van der Waals surface area contributed by atoms with Crippen molar-refractivity contribution in [1.82, 2.24) is 14.2 Å². The van der Waals surface area contributed by atoms with Crippen LogP contribution in [0.1, 0.15) is 43.0 Å². The third-order valence-electron chi connectivity index (χ3n) is 6.71. The smallest absolute Gasteiger partial charge is 0.274 e. The van der Waals surface area contributed by atoms with Crippen molar-refractivity contribution in [2.45, 2.75) is 43.6 Å².